The van der Waals surface area contributed by atoms with Crippen molar-refractivity contribution in [2.24, 2.45) is 4.99 Å². The van der Waals surface area contributed by atoms with Crippen LogP contribution in [0, 0.1) is 6.92 Å². The molecule has 4 aromatic rings. The van der Waals surface area contributed by atoms with Crippen LogP contribution in [-0.2, 0) is 11.3 Å². The molecule has 1 aromatic heterocycles. The van der Waals surface area contributed by atoms with Crippen molar-refractivity contribution in [1.82, 2.24) is 20.1 Å². The van der Waals surface area contributed by atoms with Crippen molar-refractivity contribution in [3.8, 4) is 28.6 Å². The average molecular weight is 597 g/mol. The van der Waals surface area contributed by atoms with Gasteiger partial charge in [0.25, 0.3) is 0 Å². The molecule has 14 heteroatoms. The van der Waals surface area contributed by atoms with Crippen LogP contribution >= 0.6 is 11.8 Å². The minimum Gasteiger partial charge on any atom is -0.497 e. The molecule has 0 bridgehead atoms. The van der Waals surface area contributed by atoms with Gasteiger partial charge in [0.1, 0.15) is 17.8 Å². The Balaban J connectivity index is 1.20. The van der Waals surface area contributed by atoms with Crippen LogP contribution < -0.4 is 19.7 Å². The summed E-state index contributed by atoms with van der Waals surface area (Å²) in [6, 6.07) is 17.2. The molecule has 1 fully saturated rings. The second-order valence-corrected chi connectivity index (χ2v) is 9.92. The van der Waals surface area contributed by atoms with E-state index in [1.54, 1.807) is 49.6 Å². The molecule has 0 saturated carbocycles. The number of amides is 3. The van der Waals surface area contributed by atoms with E-state index in [1.807, 2.05) is 6.92 Å². The summed E-state index contributed by atoms with van der Waals surface area (Å²) in [5, 5.41) is 7.42. The van der Waals surface area contributed by atoms with Gasteiger partial charge in [0, 0.05) is 12.1 Å². The van der Waals surface area contributed by atoms with Gasteiger partial charge in [-0.1, -0.05) is 36.0 Å². The predicted molar refractivity (Wildman–Crippen MR) is 151 cm³/mol. The van der Waals surface area contributed by atoms with Crippen molar-refractivity contribution < 1.29 is 32.2 Å². The summed E-state index contributed by atoms with van der Waals surface area (Å²) in [6.07, 6.45) is -3.32. The van der Waals surface area contributed by atoms with Gasteiger partial charge in [0.05, 0.1) is 24.2 Å². The second kappa shape index (κ2) is 11.9. The smallest absolute Gasteiger partial charge is 0.497 e. The number of methoxy groups -OCH3 is 1. The molecule has 0 unspecified atom stereocenters. The molecule has 0 atom stereocenters. The topological polar surface area (TPSA) is 111 Å². The van der Waals surface area contributed by atoms with Crippen molar-refractivity contribution in [3.05, 3.63) is 84.2 Å². The summed E-state index contributed by atoms with van der Waals surface area (Å²) in [4.78, 5) is 35.0. The van der Waals surface area contributed by atoms with Crippen molar-refractivity contribution in [3.63, 3.8) is 0 Å². The number of anilines is 1. The zero-order valence-electron chi connectivity index (χ0n) is 22.3. The molecule has 3 aromatic carbocycles. The Kier molecular flexibility index (Phi) is 8.15. The Morgan fingerprint density at radius 1 is 1.07 bits per heavy atom. The van der Waals surface area contributed by atoms with Gasteiger partial charge < -0.3 is 14.8 Å². The molecular formula is C28H23F3N6O4S. The Labute approximate surface area is 242 Å². The first-order valence-electron chi connectivity index (χ1n) is 12.4. The van der Waals surface area contributed by atoms with Crippen LogP contribution in [-0.4, -0.2) is 51.1 Å². The lowest BCUT2D eigenvalue weighted by molar-refractivity contribution is -0.274. The standard InChI is InChI=1S/C28H23F3N6O4S/c1-17-13-22(40-2)11-12-23(17)37-24(38)15-42-27(37)34-26(39)32-14-18-3-5-19(6-4-18)25-33-16-36(35-25)20-7-9-21(10-8-20)41-28(29,30)31/h3-13,16H,14-15H2,1-2H3,(H,32,39)/b34-27-. The fourth-order valence-electron chi connectivity index (χ4n) is 4.08. The molecule has 216 valence electrons. The van der Waals surface area contributed by atoms with Crippen LogP contribution in [0.2, 0.25) is 0 Å². The zero-order chi connectivity index (χ0) is 29.9. The summed E-state index contributed by atoms with van der Waals surface area (Å²) in [6.45, 7) is 2.05. The lowest BCUT2D eigenvalue weighted by Crippen LogP contribution is -2.31. The number of aryl methyl sites for hydroxylation is 1. The van der Waals surface area contributed by atoms with E-state index in [4.69, 9.17) is 4.74 Å². The SMILES string of the molecule is COc1ccc(N2C(=O)CS/C2=N\C(=O)NCc2ccc(-c3ncn(-c4ccc(OC(F)(F)F)cc4)n3)cc2)c(C)c1. The molecule has 1 N–H and O–H groups in total. The highest BCUT2D eigenvalue weighted by atomic mass is 32.2. The molecule has 0 aliphatic carbocycles. The predicted octanol–water partition coefficient (Wildman–Crippen LogP) is 5.50. The Morgan fingerprint density at radius 2 is 1.79 bits per heavy atom. The number of nitrogens with zero attached hydrogens (tertiary/aromatic N) is 5. The van der Waals surface area contributed by atoms with Crippen LogP contribution in [0.3, 0.4) is 0 Å². The minimum absolute atomic E-state index is 0.168. The summed E-state index contributed by atoms with van der Waals surface area (Å²) in [5.41, 5.74) is 3.45. The highest BCUT2D eigenvalue weighted by molar-refractivity contribution is 8.15. The summed E-state index contributed by atoms with van der Waals surface area (Å²) in [7, 11) is 1.56. The Morgan fingerprint density at radius 3 is 2.45 bits per heavy atom. The van der Waals surface area contributed by atoms with Crippen LogP contribution in [0.15, 0.2) is 78.0 Å². The lowest BCUT2D eigenvalue weighted by Gasteiger charge is -2.18. The molecule has 1 aliphatic heterocycles. The van der Waals surface area contributed by atoms with Gasteiger partial charge in [0.2, 0.25) is 5.91 Å². The number of ether oxygens (including phenoxy) is 2. The van der Waals surface area contributed by atoms with Gasteiger partial charge in [-0.25, -0.2) is 14.5 Å². The Hall–Kier alpha value is -4.85. The van der Waals surface area contributed by atoms with E-state index in [0.717, 1.165) is 11.1 Å². The number of hydrogen-bond acceptors (Lipinski definition) is 7. The third-order valence-corrected chi connectivity index (χ3v) is 7.01. The van der Waals surface area contributed by atoms with Gasteiger partial charge in [0.15, 0.2) is 11.0 Å². The molecule has 0 radical (unpaired) electrons. The summed E-state index contributed by atoms with van der Waals surface area (Å²) >= 11 is 1.19. The van der Waals surface area contributed by atoms with Crippen LogP contribution in [0.4, 0.5) is 23.7 Å². The molecule has 10 nitrogen and oxygen atoms in total. The van der Waals surface area contributed by atoms with E-state index in [2.05, 4.69) is 25.1 Å². The number of aliphatic imine (C=N–C) groups is 1. The molecule has 0 spiro atoms. The first-order chi connectivity index (χ1) is 20.1. The molecule has 42 heavy (non-hydrogen) atoms. The van der Waals surface area contributed by atoms with E-state index in [1.165, 1.54) is 51.9 Å². The number of rotatable bonds is 7. The fraction of sp³-hybridized carbons (Fsp3) is 0.179. The quantitative estimate of drug-likeness (QED) is 0.300. The van der Waals surface area contributed by atoms with Crippen molar-refractivity contribution >= 4 is 34.6 Å². The first-order valence-corrected chi connectivity index (χ1v) is 13.4. The second-order valence-electron chi connectivity index (χ2n) is 8.97. The molecule has 1 aliphatic rings. The van der Waals surface area contributed by atoms with Crippen molar-refractivity contribution in [1.29, 1.82) is 0 Å². The Bertz CT molecular complexity index is 1640. The van der Waals surface area contributed by atoms with E-state index in [9.17, 15) is 22.8 Å². The zero-order valence-corrected chi connectivity index (χ0v) is 23.1. The number of halogens is 3. The van der Waals surface area contributed by atoms with E-state index in [-0.39, 0.29) is 24.0 Å². The number of carbonyl (C=O) groups excluding carboxylic acids is 2. The van der Waals surface area contributed by atoms with Crippen molar-refractivity contribution in [2.45, 2.75) is 19.8 Å². The molecule has 2 heterocycles. The fourth-order valence-corrected chi connectivity index (χ4v) is 4.94. The number of nitrogens with one attached hydrogen (secondary N) is 1. The highest BCUT2D eigenvalue weighted by Gasteiger charge is 2.32. The number of benzene rings is 3. The normalized spacial score (nSPS) is 14.4. The molecular weight excluding hydrogens is 573 g/mol. The monoisotopic (exact) mass is 596 g/mol. The third-order valence-electron chi connectivity index (χ3n) is 6.09. The number of thioether (sulfide) groups is 1. The van der Waals surface area contributed by atoms with Gasteiger partial charge in [-0.3, -0.25) is 9.69 Å². The minimum atomic E-state index is -4.77. The van der Waals surface area contributed by atoms with Crippen molar-refractivity contribution in [2.75, 3.05) is 17.8 Å². The number of alkyl halides is 3. The number of hydrogen-bond donors (Lipinski definition) is 1. The van der Waals surface area contributed by atoms with Gasteiger partial charge in [-0.15, -0.1) is 18.3 Å². The van der Waals surface area contributed by atoms with Crippen LogP contribution in [0.5, 0.6) is 11.5 Å². The summed E-state index contributed by atoms with van der Waals surface area (Å²) in [5.74, 6) is 0.750. The first kappa shape index (κ1) is 28.7. The third kappa shape index (κ3) is 6.71. The van der Waals surface area contributed by atoms with E-state index >= 15 is 0 Å². The highest BCUT2D eigenvalue weighted by Crippen LogP contribution is 2.31. The van der Waals surface area contributed by atoms with Gasteiger partial charge in [-0.05, 0) is 60.5 Å². The number of aromatic nitrogens is 3. The van der Waals surface area contributed by atoms with E-state index in [0.29, 0.717) is 33.7 Å². The maximum absolute atomic E-state index is 12.6. The van der Waals surface area contributed by atoms with Gasteiger partial charge >= 0.3 is 12.4 Å². The lowest BCUT2D eigenvalue weighted by atomic mass is 10.1. The average Bonchev–Trinajstić information content (AvgIpc) is 3.59. The largest absolute Gasteiger partial charge is 0.573 e. The number of amidine groups is 1. The maximum atomic E-state index is 12.6. The maximum Gasteiger partial charge on any atom is 0.573 e. The number of urea groups is 1. The van der Waals surface area contributed by atoms with Crippen LogP contribution in [0.25, 0.3) is 17.1 Å². The van der Waals surface area contributed by atoms with Crippen LogP contribution in [0.1, 0.15) is 11.1 Å². The summed E-state index contributed by atoms with van der Waals surface area (Å²) < 4.78 is 47.7. The molecule has 3 amide bonds. The molecule has 1 saturated heterocycles. The number of carbonyl (C=O) groups is 2. The molecule has 5 rings (SSSR count). The van der Waals surface area contributed by atoms with E-state index < -0.39 is 12.4 Å². The van der Waals surface area contributed by atoms with Gasteiger partial charge in [-0.2, -0.15) is 4.99 Å².